The zero-order valence-electron chi connectivity index (χ0n) is 15.9. The van der Waals surface area contributed by atoms with Crippen molar-refractivity contribution in [3.63, 3.8) is 0 Å². The molecule has 0 bridgehead atoms. The van der Waals surface area contributed by atoms with E-state index in [1.807, 2.05) is 12.1 Å². The molecule has 2 aliphatic rings. The van der Waals surface area contributed by atoms with Crippen LogP contribution in [0.3, 0.4) is 0 Å². The predicted molar refractivity (Wildman–Crippen MR) is 110 cm³/mol. The number of aryl methyl sites for hydroxylation is 2. The van der Waals surface area contributed by atoms with E-state index in [1.54, 1.807) is 22.2 Å². The molecular formula is C21H25N3O3S. The molecule has 1 atom stereocenters. The lowest BCUT2D eigenvalue weighted by Crippen LogP contribution is -2.28. The molecule has 1 fully saturated rings. The normalized spacial score (nSPS) is 19.6. The molecule has 1 aliphatic heterocycles. The minimum Gasteiger partial charge on any atom is -0.467 e. The topological polar surface area (TPSA) is 69.3 Å². The number of hydrogen-bond acceptors (Lipinski definition) is 6. The van der Waals surface area contributed by atoms with Gasteiger partial charge in [0.05, 0.1) is 24.3 Å². The van der Waals surface area contributed by atoms with E-state index >= 15 is 0 Å². The van der Waals surface area contributed by atoms with Crippen molar-refractivity contribution in [3.05, 3.63) is 45.0 Å². The maximum atomic E-state index is 13.5. The monoisotopic (exact) mass is 399 g/mol. The van der Waals surface area contributed by atoms with E-state index in [0.717, 1.165) is 54.7 Å². The number of hydrogen-bond donors (Lipinski definition) is 1. The third-order valence-corrected chi connectivity index (χ3v) is 6.92. The van der Waals surface area contributed by atoms with Crippen molar-refractivity contribution in [2.45, 2.75) is 57.6 Å². The van der Waals surface area contributed by atoms with Crippen molar-refractivity contribution < 1.29 is 9.15 Å². The van der Waals surface area contributed by atoms with Crippen molar-refractivity contribution in [1.82, 2.24) is 9.55 Å². The van der Waals surface area contributed by atoms with Crippen LogP contribution in [0.1, 0.15) is 48.3 Å². The quantitative estimate of drug-likeness (QED) is 0.658. The molecule has 3 aromatic rings. The molecule has 3 aromatic heterocycles. The lowest BCUT2D eigenvalue weighted by molar-refractivity contribution is 0.120. The molecular weight excluding hydrogens is 374 g/mol. The Morgan fingerprint density at radius 3 is 3.00 bits per heavy atom. The molecule has 148 valence electrons. The Bertz CT molecular complexity index is 1020. The Morgan fingerprint density at radius 2 is 2.18 bits per heavy atom. The van der Waals surface area contributed by atoms with Gasteiger partial charge < -0.3 is 14.5 Å². The van der Waals surface area contributed by atoms with Gasteiger partial charge in [-0.3, -0.25) is 9.36 Å². The average molecular weight is 400 g/mol. The van der Waals surface area contributed by atoms with Crippen LogP contribution in [-0.2, 0) is 24.1 Å². The second kappa shape index (κ2) is 7.72. The summed E-state index contributed by atoms with van der Waals surface area (Å²) >= 11 is 1.70. The van der Waals surface area contributed by atoms with E-state index in [1.165, 1.54) is 23.3 Å². The molecule has 6 nitrogen and oxygen atoms in total. The fourth-order valence-electron chi connectivity index (χ4n) is 4.27. The van der Waals surface area contributed by atoms with Crippen LogP contribution in [0, 0.1) is 0 Å². The van der Waals surface area contributed by atoms with Crippen LogP contribution in [0.5, 0.6) is 0 Å². The van der Waals surface area contributed by atoms with Crippen LogP contribution in [0.4, 0.5) is 5.95 Å². The Kier molecular flexibility index (Phi) is 4.94. The van der Waals surface area contributed by atoms with Gasteiger partial charge in [-0.1, -0.05) is 6.42 Å². The Hall–Kier alpha value is -2.12. The molecule has 0 radical (unpaired) electrons. The number of ether oxygens (including phenoxy) is 1. The first kappa shape index (κ1) is 17.9. The van der Waals surface area contributed by atoms with Crippen molar-refractivity contribution in [2.24, 2.45) is 0 Å². The summed E-state index contributed by atoms with van der Waals surface area (Å²) in [6.07, 6.45) is 9.59. The summed E-state index contributed by atoms with van der Waals surface area (Å²) in [5.74, 6) is 1.37. The van der Waals surface area contributed by atoms with Crippen molar-refractivity contribution >= 4 is 27.5 Å². The largest absolute Gasteiger partial charge is 0.467 e. The van der Waals surface area contributed by atoms with Crippen molar-refractivity contribution in [2.75, 3.05) is 18.5 Å². The van der Waals surface area contributed by atoms with Gasteiger partial charge in [-0.15, -0.1) is 11.3 Å². The summed E-state index contributed by atoms with van der Waals surface area (Å²) in [5.41, 5.74) is 1.27. The van der Waals surface area contributed by atoms with Gasteiger partial charge in [0, 0.05) is 18.0 Å². The molecule has 0 saturated carbocycles. The summed E-state index contributed by atoms with van der Waals surface area (Å²) in [6, 6.07) is 3.75. The van der Waals surface area contributed by atoms with Gasteiger partial charge >= 0.3 is 0 Å². The number of anilines is 1. The Labute approximate surface area is 167 Å². The van der Waals surface area contributed by atoms with Crippen molar-refractivity contribution in [1.29, 1.82) is 0 Å². The van der Waals surface area contributed by atoms with E-state index in [4.69, 9.17) is 14.1 Å². The van der Waals surface area contributed by atoms with Gasteiger partial charge in [-0.25, -0.2) is 4.98 Å². The lowest BCUT2D eigenvalue weighted by Gasteiger charge is -2.16. The maximum absolute atomic E-state index is 13.5. The highest BCUT2D eigenvalue weighted by atomic mass is 32.1. The third kappa shape index (κ3) is 3.37. The fourth-order valence-corrected chi connectivity index (χ4v) is 5.52. The lowest BCUT2D eigenvalue weighted by atomic mass is 10.1. The number of nitrogens with zero attached hydrogens (tertiary/aromatic N) is 2. The molecule has 0 unspecified atom stereocenters. The first-order chi connectivity index (χ1) is 13.8. The highest BCUT2D eigenvalue weighted by Crippen LogP contribution is 2.33. The number of furan rings is 1. The molecule has 0 amide bonds. The van der Waals surface area contributed by atoms with Gasteiger partial charge in [-0.05, 0) is 56.2 Å². The number of aromatic nitrogens is 2. The van der Waals surface area contributed by atoms with Crippen LogP contribution in [0.15, 0.2) is 27.6 Å². The summed E-state index contributed by atoms with van der Waals surface area (Å²) in [6.45, 7) is 1.87. The van der Waals surface area contributed by atoms with Crippen LogP contribution in [0.25, 0.3) is 10.2 Å². The van der Waals surface area contributed by atoms with E-state index in [0.29, 0.717) is 19.0 Å². The zero-order valence-corrected chi connectivity index (χ0v) is 16.7. The number of nitrogens with one attached hydrogen (secondary N) is 1. The molecule has 1 aliphatic carbocycles. The smallest absolute Gasteiger partial charge is 0.264 e. The zero-order chi connectivity index (χ0) is 18.9. The molecule has 7 heteroatoms. The van der Waals surface area contributed by atoms with Gasteiger partial charge in [-0.2, -0.15) is 0 Å². The highest BCUT2D eigenvalue weighted by Gasteiger charge is 2.23. The standard InChI is InChI=1S/C21H25N3O3S/c25-20-18-16-8-2-1-3-9-17(16)28-19(18)23-21(22-12-14-6-4-10-26-14)24(20)13-15-7-5-11-27-15/h5,7,11,14H,1-4,6,8-10,12-13H2,(H,22,23)/t14-/m0/s1. The van der Waals surface area contributed by atoms with Crippen LogP contribution in [-0.4, -0.2) is 28.8 Å². The number of thiophene rings is 1. The van der Waals surface area contributed by atoms with E-state index in [-0.39, 0.29) is 11.7 Å². The number of rotatable bonds is 5. The van der Waals surface area contributed by atoms with Crippen molar-refractivity contribution in [3.8, 4) is 0 Å². The summed E-state index contributed by atoms with van der Waals surface area (Å²) in [5, 5.41) is 4.20. The molecule has 28 heavy (non-hydrogen) atoms. The third-order valence-electron chi connectivity index (χ3n) is 5.73. The SMILES string of the molecule is O=c1c2c3c(sc2nc(NC[C@@H]2CCCO2)n1Cc1ccco1)CCCCC3. The highest BCUT2D eigenvalue weighted by molar-refractivity contribution is 7.18. The maximum Gasteiger partial charge on any atom is 0.264 e. The molecule has 0 aromatic carbocycles. The molecule has 0 spiro atoms. The summed E-state index contributed by atoms with van der Waals surface area (Å²) < 4.78 is 13.0. The van der Waals surface area contributed by atoms with Gasteiger partial charge in [0.25, 0.3) is 5.56 Å². The Balaban J connectivity index is 1.58. The Morgan fingerprint density at radius 1 is 1.25 bits per heavy atom. The van der Waals surface area contributed by atoms with Gasteiger partial charge in [0.1, 0.15) is 10.6 Å². The molecule has 1 saturated heterocycles. The van der Waals surface area contributed by atoms with Gasteiger partial charge in [0.15, 0.2) is 0 Å². The molecule has 5 rings (SSSR count). The molecule has 1 N–H and O–H groups in total. The van der Waals surface area contributed by atoms with E-state index in [2.05, 4.69) is 5.32 Å². The minimum atomic E-state index is 0.0376. The molecule has 4 heterocycles. The first-order valence-corrected chi connectivity index (χ1v) is 11.0. The first-order valence-electron chi connectivity index (χ1n) is 10.2. The second-order valence-corrected chi connectivity index (χ2v) is 8.75. The second-order valence-electron chi connectivity index (χ2n) is 7.67. The summed E-state index contributed by atoms with van der Waals surface area (Å²) in [7, 11) is 0. The van der Waals surface area contributed by atoms with Gasteiger partial charge in [0.2, 0.25) is 5.95 Å². The van der Waals surface area contributed by atoms with E-state index < -0.39 is 0 Å². The van der Waals surface area contributed by atoms with Crippen LogP contribution >= 0.6 is 11.3 Å². The summed E-state index contributed by atoms with van der Waals surface area (Å²) in [4.78, 5) is 20.6. The van der Waals surface area contributed by atoms with E-state index in [9.17, 15) is 4.79 Å². The minimum absolute atomic E-state index is 0.0376. The fraction of sp³-hybridized carbons (Fsp3) is 0.524. The van der Waals surface area contributed by atoms with Crippen LogP contribution < -0.4 is 10.9 Å². The predicted octanol–water partition coefficient (Wildman–Crippen LogP) is 3.96. The van der Waals surface area contributed by atoms with Crippen LogP contribution in [0.2, 0.25) is 0 Å². The average Bonchev–Trinajstić information content (AvgIpc) is 3.42. The number of fused-ring (bicyclic) bond motifs is 3.